The highest BCUT2D eigenvalue weighted by Gasteiger charge is 2.25. The molecule has 29 heavy (non-hydrogen) atoms. The molecule has 0 saturated carbocycles. The van der Waals surface area contributed by atoms with Gasteiger partial charge in [-0.25, -0.2) is 4.99 Å². The summed E-state index contributed by atoms with van der Waals surface area (Å²) in [5.74, 6) is 1.62. The van der Waals surface area contributed by atoms with Crippen LogP contribution in [0.5, 0.6) is 11.5 Å². The normalized spacial score (nSPS) is 14.3. The van der Waals surface area contributed by atoms with Crippen LogP contribution in [0.4, 0.5) is 0 Å². The van der Waals surface area contributed by atoms with Gasteiger partial charge in [0.1, 0.15) is 0 Å². The van der Waals surface area contributed by atoms with Gasteiger partial charge in [0.05, 0.1) is 19.9 Å². The molecule has 2 aromatic rings. The second kappa shape index (κ2) is 10.9. The Bertz CT molecular complexity index is 818. The van der Waals surface area contributed by atoms with Gasteiger partial charge >= 0.3 is 0 Å². The molecule has 1 aromatic heterocycles. The molecule has 1 amide bonds. The number of hydrogen-bond donors (Lipinski definition) is 2. The number of phenols is 1. The zero-order chi connectivity index (χ0) is 19.9. The van der Waals surface area contributed by atoms with Crippen molar-refractivity contribution in [2.45, 2.75) is 13.5 Å². The number of ether oxygens (including phenoxy) is 1. The third-order valence-electron chi connectivity index (χ3n) is 4.59. The summed E-state index contributed by atoms with van der Waals surface area (Å²) in [4.78, 5) is 21.0. The number of aromatic hydroxyl groups is 1. The Morgan fingerprint density at radius 1 is 1.24 bits per heavy atom. The van der Waals surface area contributed by atoms with Crippen LogP contribution in [0.3, 0.4) is 0 Å². The van der Waals surface area contributed by atoms with Gasteiger partial charge in [-0.2, -0.15) is 0 Å². The van der Waals surface area contributed by atoms with Crippen molar-refractivity contribution in [1.82, 2.24) is 15.1 Å². The third kappa shape index (κ3) is 5.78. The first-order valence-electron chi connectivity index (χ1n) is 9.34. The van der Waals surface area contributed by atoms with E-state index in [1.54, 1.807) is 29.2 Å². The lowest BCUT2D eigenvalue weighted by Crippen LogP contribution is -2.53. The lowest BCUT2D eigenvalue weighted by Gasteiger charge is -2.36. The molecule has 0 bridgehead atoms. The molecule has 1 aromatic carbocycles. The predicted octanol–water partition coefficient (Wildman–Crippen LogP) is 2.54. The van der Waals surface area contributed by atoms with Gasteiger partial charge in [-0.3, -0.25) is 4.79 Å². The van der Waals surface area contributed by atoms with Crippen molar-refractivity contribution in [3.8, 4) is 11.5 Å². The number of methoxy groups -OCH3 is 1. The zero-order valence-corrected chi connectivity index (χ0v) is 19.0. The minimum absolute atomic E-state index is 0. The van der Waals surface area contributed by atoms with Crippen LogP contribution in [0, 0.1) is 0 Å². The monoisotopic (exact) mass is 514 g/mol. The second-order valence-corrected chi connectivity index (χ2v) is 6.43. The van der Waals surface area contributed by atoms with Crippen LogP contribution in [0.15, 0.2) is 46.0 Å². The molecule has 0 spiro atoms. The Morgan fingerprint density at radius 2 is 1.97 bits per heavy atom. The molecule has 2 N–H and O–H groups in total. The van der Waals surface area contributed by atoms with Crippen molar-refractivity contribution in [2.75, 3.05) is 39.8 Å². The van der Waals surface area contributed by atoms with Crippen molar-refractivity contribution >= 4 is 35.8 Å². The van der Waals surface area contributed by atoms with Crippen LogP contribution in [0.2, 0.25) is 0 Å². The fourth-order valence-corrected chi connectivity index (χ4v) is 3.10. The molecule has 2 heterocycles. The molecule has 0 aliphatic carbocycles. The molecule has 9 heteroatoms. The van der Waals surface area contributed by atoms with Gasteiger partial charge in [0.2, 0.25) is 0 Å². The second-order valence-electron chi connectivity index (χ2n) is 6.43. The lowest BCUT2D eigenvalue weighted by molar-refractivity contribution is 0.0657. The Balaban J connectivity index is 0.00000300. The summed E-state index contributed by atoms with van der Waals surface area (Å²) in [6, 6.07) is 8.67. The van der Waals surface area contributed by atoms with E-state index in [-0.39, 0.29) is 35.6 Å². The molecule has 1 fully saturated rings. The highest BCUT2D eigenvalue weighted by atomic mass is 127. The highest BCUT2D eigenvalue weighted by Crippen LogP contribution is 2.26. The summed E-state index contributed by atoms with van der Waals surface area (Å²) in [6.07, 6.45) is 1.51. The fourth-order valence-electron chi connectivity index (χ4n) is 3.10. The fraction of sp³-hybridized carbons (Fsp3) is 0.400. The number of phenolic OH excluding ortho intramolecular Hbond substituents is 1. The van der Waals surface area contributed by atoms with E-state index >= 15 is 0 Å². The molecular weight excluding hydrogens is 487 g/mol. The van der Waals surface area contributed by atoms with Crippen LogP contribution in [-0.4, -0.2) is 66.6 Å². The highest BCUT2D eigenvalue weighted by molar-refractivity contribution is 14.0. The largest absolute Gasteiger partial charge is 0.504 e. The molecule has 158 valence electrons. The van der Waals surface area contributed by atoms with E-state index in [0.29, 0.717) is 44.2 Å². The molecule has 3 rings (SSSR count). The van der Waals surface area contributed by atoms with Gasteiger partial charge in [-0.1, -0.05) is 6.07 Å². The van der Waals surface area contributed by atoms with Crippen molar-refractivity contribution in [3.63, 3.8) is 0 Å². The Labute approximate surface area is 187 Å². The van der Waals surface area contributed by atoms with Crippen molar-refractivity contribution in [1.29, 1.82) is 0 Å². The Morgan fingerprint density at radius 3 is 2.55 bits per heavy atom. The smallest absolute Gasteiger partial charge is 0.289 e. The molecule has 0 radical (unpaired) electrons. The maximum Gasteiger partial charge on any atom is 0.289 e. The molecule has 1 aliphatic rings. The quantitative estimate of drug-likeness (QED) is 0.362. The van der Waals surface area contributed by atoms with Gasteiger partial charge in [0, 0.05) is 32.7 Å². The lowest BCUT2D eigenvalue weighted by atomic mass is 10.2. The number of hydrogen-bond acceptors (Lipinski definition) is 5. The van der Waals surface area contributed by atoms with Crippen molar-refractivity contribution < 1.29 is 19.1 Å². The van der Waals surface area contributed by atoms with Gasteiger partial charge < -0.3 is 29.4 Å². The topological polar surface area (TPSA) is 90.5 Å². The summed E-state index contributed by atoms with van der Waals surface area (Å²) in [5.41, 5.74) is 0.889. The zero-order valence-electron chi connectivity index (χ0n) is 16.6. The standard InChI is InChI=1S/C20H26N4O4.HI/c1-3-21-20(22-14-15-6-7-17(27-2)16(25)13-15)24-10-8-23(9-11-24)19(26)18-5-4-12-28-18;/h4-7,12-13,25H,3,8-11,14H2,1-2H3,(H,21,22);1H. The van der Waals surface area contributed by atoms with Crippen LogP contribution < -0.4 is 10.1 Å². The molecule has 1 aliphatic heterocycles. The number of halogens is 1. The van der Waals surface area contributed by atoms with E-state index < -0.39 is 0 Å². The minimum atomic E-state index is -0.0831. The summed E-state index contributed by atoms with van der Waals surface area (Å²) >= 11 is 0. The number of carbonyl (C=O) groups excluding carboxylic acids is 1. The van der Waals surface area contributed by atoms with E-state index in [2.05, 4.69) is 15.2 Å². The number of rotatable bonds is 5. The number of furan rings is 1. The first-order valence-corrected chi connectivity index (χ1v) is 9.34. The van der Waals surface area contributed by atoms with Gasteiger partial charge in [0.25, 0.3) is 5.91 Å². The predicted molar refractivity (Wildman–Crippen MR) is 121 cm³/mol. The summed E-state index contributed by atoms with van der Waals surface area (Å²) in [5, 5.41) is 13.2. The Hall–Kier alpha value is -2.43. The SMILES string of the molecule is CCNC(=NCc1ccc(OC)c(O)c1)N1CCN(C(=O)c2ccco2)CC1.I. The van der Waals surface area contributed by atoms with Crippen LogP contribution >= 0.6 is 24.0 Å². The molecule has 0 unspecified atom stereocenters. The number of piperazine rings is 1. The number of nitrogens with zero attached hydrogens (tertiary/aromatic N) is 3. The number of amides is 1. The van der Waals surface area contributed by atoms with Gasteiger partial charge in [-0.05, 0) is 36.8 Å². The number of benzene rings is 1. The van der Waals surface area contributed by atoms with Gasteiger partial charge in [-0.15, -0.1) is 24.0 Å². The molecule has 8 nitrogen and oxygen atoms in total. The summed E-state index contributed by atoms with van der Waals surface area (Å²) < 4.78 is 10.3. The van der Waals surface area contributed by atoms with E-state index in [0.717, 1.165) is 18.1 Å². The average molecular weight is 514 g/mol. The third-order valence-corrected chi connectivity index (χ3v) is 4.59. The first kappa shape index (κ1) is 22.9. The van der Waals surface area contributed by atoms with Crippen molar-refractivity contribution in [2.24, 2.45) is 4.99 Å². The van der Waals surface area contributed by atoms with Gasteiger partial charge in [0.15, 0.2) is 23.2 Å². The molecular formula is C20H27IN4O4. The van der Waals surface area contributed by atoms with Crippen LogP contribution in [0.25, 0.3) is 0 Å². The minimum Gasteiger partial charge on any atom is -0.504 e. The van der Waals surface area contributed by atoms with Crippen molar-refractivity contribution in [3.05, 3.63) is 47.9 Å². The van der Waals surface area contributed by atoms with E-state index in [1.807, 2.05) is 13.0 Å². The van der Waals surface area contributed by atoms with Crippen LogP contribution in [0.1, 0.15) is 23.0 Å². The number of nitrogens with one attached hydrogen (secondary N) is 1. The number of aliphatic imine (C=N–C) groups is 1. The summed E-state index contributed by atoms with van der Waals surface area (Å²) in [7, 11) is 1.52. The number of carbonyl (C=O) groups is 1. The van der Waals surface area contributed by atoms with E-state index in [1.165, 1.54) is 13.4 Å². The van der Waals surface area contributed by atoms with Crippen LogP contribution in [-0.2, 0) is 6.54 Å². The van der Waals surface area contributed by atoms with E-state index in [9.17, 15) is 9.90 Å². The number of guanidine groups is 1. The summed E-state index contributed by atoms with van der Waals surface area (Å²) in [6.45, 7) is 5.79. The Kier molecular flexibility index (Phi) is 8.62. The van der Waals surface area contributed by atoms with E-state index in [4.69, 9.17) is 9.15 Å². The molecule has 0 atom stereocenters. The maximum atomic E-state index is 12.4. The maximum absolute atomic E-state index is 12.4. The average Bonchev–Trinajstić information content (AvgIpc) is 3.26. The first-order chi connectivity index (χ1) is 13.6. The molecule has 1 saturated heterocycles.